The van der Waals surface area contributed by atoms with Gasteiger partial charge in [-0.05, 0) is 61.7 Å². The van der Waals surface area contributed by atoms with Gasteiger partial charge in [0.15, 0.2) is 11.5 Å². The summed E-state index contributed by atoms with van der Waals surface area (Å²) in [5.41, 5.74) is 2.27. The molecule has 0 fully saturated rings. The van der Waals surface area contributed by atoms with E-state index in [1.165, 1.54) is 11.0 Å². The van der Waals surface area contributed by atoms with Crippen LogP contribution in [0.3, 0.4) is 0 Å². The number of hydrogen-bond acceptors (Lipinski definition) is 6. The molecule has 1 unspecified atom stereocenters. The molecule has 0 bridgehead atoms. The number of aliphatic hydroxyl groups excluding tert-OH is 1. The monoisotopic (exact) mass is 470 g/mol. The number of carbonyl (C=O) groups is 3. The van der Waals surface area contributed by atoms with Crippen molar-refractivity contribution in [3.8, 4) is 0 Å². The van der Waals surface area contributed by atoms with Crippen molar-refractivity contribution in [2.45, 2.75) is 38.8 Å². The van der Waals surface area contributed by atoms with E-state index in [9.17, 15) is 19.5 Å². The third-order valence-corrected chi connectivity index (χ3v) is 5.72. The zero-order valence-corrected chi connectivity index (χ0v) is 19.5. The van der Waals surface area contributed by atoms with E-state index in [-0.39, 0.29) is 29.4 Å². The molecule has 1 amide bonds. The average molecular weight is 471 g/mol. The third-order valence-electron chi connectivity index (χ3n) is 5.72. The number of aryl methyl sites for hydroxylation is 1. The van der Waals surface area contributed by atoms with Gasteiger partial charge in [-0.25, -0.2) is 4.79 Å². The fraction of sp³-hybridized carbons (Fsp3) is 0.214. The number of hydrogen-bond donors (Lipinski definition) is 1. The maximum absolute atomic E-state index is 13.3. The number of benzene rings is 2. The molecule has 0 spiro atoms. The number of aliphatic hydroxyl groups is 1. The van der Waals surface area contributed by atoms with Gasteiger partial charge in [-0.3, -0.25) is 19.5 Å². The summed E-state index contributed by atoms with van der Waals surface area (Å²) in [6.45, 7) is 3.50. The largest absolute Gasteiger partial charge is 0.503 e. The molecule has 1 aliphatic rings. The second kappa shape index (κ2) is 10.3. The van der Waals surface area contributed by atoms with E-state index in [4.69, 9.17) is 4.74 Å². The number of aromatic nitrogens is 1. The first kappa shape index (κ1) is 23.9. The molecule has 2 heterocycles. The number of carbonyl (C=O) groups excluding carboxylic acids is 3. The maximum atomic E-state index is 13.3. The van der Waals surface area contributed by atoms with Crippen LogP contribution < -0.4 is 4.90 Å². The molecule has 4 rings (SSSR count). The van der Waals surface area contributed by atoms with E-state index in [2.05, 4.69) is 4.98 Å². The van der Waals surface area contributed by atoms with Crippen LogP contribution in [0, 0.1) is 0 Å². The summed E-state index contributed by atoms with van der Waals surface area (Å²) >= 11 is 0. The van der Waals surface area contributed by atoms with Gasteiger partial charge in [0.25, 0.3) is 5.91 Å². The van der Waals surface area contributed by atoms with Crippen molar-refractivity contribution in [2.24, 2.45) is 0 Å². The van der Waals surface area contributed by atoms with Gasteiger partial charge in [-0.15, -0.1) is 0 Å². The molecule has 0 saturated heterocycles. The Morgan fingerprint density at radius 3 is 2.43 bits per heavy atom. The molecule has 35 heavy (non-hydrogen) atoms. The van der Waals surface area contributed by atoms with Gasteiger partial charge in [0.2, 0.25) is 0 Å². The topological polar surface area (TPSA) is 96.8 Å². The molecule has 0 saturated carbocycles. The van der Waals surface area contributed by atoms with Crippen LogP contribution >= 0.6 is 0 Å². The minimum atomic E-state index is -0.856. The molecular weight excluding hydrogens is 444 g/mol. The first-order valence-corrected chi connectivity index (χ1v) is 11.4. The van der Waals surface area contributed by atoms with Crippen LogP contribution in [0.4, 0.5) is 5.69 Å². The van der Waals surface area contributed by atoms with Crippen LogP contribution in [0.25, 0.3) is 0 Å². The number of amides is 1. The quantitative estimate of drug-likeness (QED) is 0.477. The van der Waals surface area contributed by atoms with Gasteiger partial charge in [0.1, 0.15) is 0 Å². The minimum Gasteiger partial charge on any atom is -0.503 e. The average Bonchev–Trinajstić information content (AvgIpc) is 3.14. The molecule has 1 aromatic heterocycles. The molecule has 178 valence electrons. The normalized spacial score (nSPS) is 15.6. The smallest absolute Gasteiger partial charge is 0.338 e. The number of rotatable bonds is 8. The van der Waals surface area contributed by atoms with E-state index < -0.39 is 23.7 Å². The lowest BCUT2D eigenvalue weighted by Crippen LogP contribution is -2.31. The molecule has 7 nitrogen and oxygen atoms in total. The molecule has 1 aliphatic heterocycles. The van der Waals surface area contributed by atoms with Crippen molar-refractivity contribution in [1.29, 1.82) is 0 Å². The Kier molecular flexibility index (Phi) is 7.06. The third kappa shape index (κ3) is 5.14. The highest BCUT2D eigenvalue weighted by Crippen LogP contribution is 2.41. The number of ether oxygens (including phenoxy) is 1. The second-order valence-corrected chi connectivity index (χ2v) is 8.53. The van der Waals surface area contributed by atoms with Gasteiger partial charge in [-0.2, -0.15) is 0 Å². The summed E-state index contributed by atoms with van der Waals surface area (Å²) in [6.07, 6.45) is 3.44. The highest BCUT2D eigenvalue weighted by Gasteiger charge is 2.44. The number of pyridine rings is 1. The van der Waals surface area contributed by atoms with Gasteiger partial charge in [0, 0.05) is 24.5 Å². The molecule has 1 N–H and O–H groups in total. The predicted molar refractivity (Wildman–Crippen MR) is 131 cm³/mol. The lowest BCUT2D eigenvalue weighted by atomic mass is 9.93. The number of Topliss-reactive ketones (excluding diaryl/α,β-unsaturated/α-hetero) is 1. The van der Waals surface area contributed by atoms with E-state index in [0.29, 0.717) is 17.7 Å². The van der Waals surface area contributed by atoms with Crippen molar-refractivity contribution in [1.82, 2.24) is 4.98 Å². The summed E-state index contributed by atoms with van der Waals surface area (Å²) in [5.74, 6) is -2.13. The molecule has 2 aromatic carbocycles. The van der Waals surface area contributed by atoms with E-state index in [1.54, 1.807) is 56.6 Å². The Labute approximate surface area is 203 Å². The van der Waals surface area contributed by atoms with Crippen LogP contribution in [0.15, 0.2) is 90.5 Å². The van der Waals surface area contributed by atoms with Gasteiger partial charge < -0.3 is 9.84 Å². The van der Waals surface area contributed by atoms with Crippen molar-refractivity contribution >= 4 is 23.3 Å². The Morgan fingerprint density at radius 1 is 1.03 bits per heavy atom. The highest BCUT2D eigenvalue weighted by atomic mass is 16.5. The first-order valence-electron chi connectivity index (χ1n) is 11.4. The predicted octanol–water partition coefficient (Wildman–Crippen LogP) is 4.75. The fourth-order valence-electron chi connectivity index (χ4n) is 4.12. The Hall–Kier alpha value is -4.26. The summed E-state index contributed by atoms with van der Waals surface area (Å²) < 4.78 is 5.28. The Balaban J connectivity index is 1.70. The molecule has 0 aliphatic carbocycles. The zero-order chi connectivity index (χ0) is 24.9. The molecular formula is C28H26N2O5. The number of nitrogens with zero attached hydrogens (tertiary/aromatic N) is 2. The summed E-state index contributed by atoms with van der Waals surface area (Å²) in [4.78, 5) is 44.5. The fourth-order valence-corrected chi connectivity index (χ4v) is 4.12. The summed E-state index contributed by atoms with van der Waals surface area (Å²) in [5, 5.41) is 10.8. The first-order chi connectivity index (χ1) is 16.9. The minimum absolute atomic E-state index is 0.0345. The maximum Gasteiger partial charge on any atom is 0.338 e. The molecule has 7 heteroatoms. The molecule has 0 radical (unpaired) electrons. The number of esters is 1. The number of anilines is 1. The van der Waals surface area contributed by atoms with Gasteiger partial charge in [0.05, 0.1) is 23.3 Å². The highest BCUT2D eigenvalue weighted by molar-refractivity contribution is 6.16. The Bertz CT molecular complexity index is 1270. The van der Waals surface area contributed by atoms with E-state index in [0.717, 1.165) is 5.56 Å². The SMILES string of the molecule is CC(C)OC(=O)c1cccc(N2C(=O)C(O)=C(C(=O)CCc3ccccc3)C2c2ccncc2)c1. The number of ketones is 1. The van der Waals surface area contributed by atoms with Crippen LogP contribution in [-0.2, 0) is 20.7 Å². The van der Waals surface area contributed by atoms with Crippen molar-refractivity contribution < 1.29 is 24.2 Å². The van der Waals surface area contributed by atoms with Crippen LogP contribution in [0.5, 0.6) is 0 Å². The van der Waals surface area contributed by atoms with Crippen molar-refractivity contribution in [2.75, 3.05) is 4.90 Å². The zero-order valence-electron chi connectivity index (χ0n) is 19.5. The van der Waals surface area contributed by atoms with Crippen molar-refractivity contribution in [3.05, 3.63) is 107 Å². The van der Waals surface area contributed by atoms with Crippen LogP contribution in [0.1, 0.15) is 47.8 Å². The summed E-state index contributed by atoms with van der Waals surface area (Å²) in [7, 11) is 0. The van der Waals surface area contributed by atoms with Gasteiger partial charge >= 0.3 is 5.97 Å². The lowest BCUT2D eigenvalue weighted by molar-refractivity contribution is -0.118. The van der Waals surface area contributed by atoms with E-state index >= 15 is 0 Å². The molecule has 3 aromatic rings. The summed E-state index contributed by atoms with van der Waals surface area (Å²) in [6, 6.07) is 18.5. The lowest BCUT2D eigenvalue weighted by Gasteiger charge is -2.27. The second-order valence-electron chi connectivity index (χ2n) is 8.53. The van der Waals surface area contributed by atoms with E-state index in [1.807, 2.05) is 30.3 Å². The van der Waals surface area contributed by atoms with Crippen LogP contribution in [0.2, 0.25) is 0 Å². The standard InChI is InChI=1S/C28H26N2O5/c1-18(2)35-28(34)21-9-6-10-22(17-21)30-25(20-13-15-29-16-14-20)24(26(32)27(30)33)23(31)12-11-19-7-4-3-5-8-19/h3-10,13-18,25,32H,11-12H2,1-2H3. The van der Waals surface area contributed by atoms with Crippen LogP contribution in [-0.4, -0.2) is 33.9 Å². The van der Waals surface area contributed by atoms with Gasteiger partial charge in [-0.1, -0.05) is 36.4 Å². The molecule has 1 atom stereocenters. The Morgan fingerprint density at radius 2 is 1.74 bits per heavy atom. The van der Waals surface area contributed by atoms with Crippen molar-refractivity contribution in [3.63, 3.8) is 0 Å².